The summed E-state index contributed by atoms with van der Waals surface area (Å²) in [7, 11) is 0. The van der Waals surface area contributed by atoms with Crippen LogP contribution in [0.2, 0.25) is 0 Å². The van der Waals surface area contributed by atoms with Gasteiger partial charge in [-0.15, -0.1) is 11.3 Å². The molecule has 9 heteroatoms. The Morgan fingerprint density at radius 1 is 1.09 bits per heavy atom. The van der Waals surface area contributed by atoms with E-state index in [1.165, 1.54) is 28.4 Å². The number of amides is 1. The Morgan fingerprint density at radius 3 is 2.56 bits per heavy atom. The van der Waals surface area contributed by atoms with Crippen LogP contribution in [-0.4, -0.2) is 36.9 Å². The van der Waals surface area contributed by atoms with Crippen LogP contribution in [0.4, 0.5) is 5.95 Å². The summed E-state index contributed by atoms with van der Waals surface area (Å²) in [4.78, 5) is 40.2. The van der Waals surface area contributed by atoms with Crippen molar-refractivity contribution in [2.45, 2.75) is 19.9 Å². The van der Waals surface area contributed by atoms with Crippen LogP contribution in [0.1, 0.15) is 32.0 Å². The molecule has 4 aromatic rings. The van der Waals surface area contributed by atoms with E-state index in [0.717, 1.165) is 0 Å². The highest BCUT2D eigenvalue weighted by Gasteiger charge is 2.46. The number of aromatic amines is 1. The molecule has 1 unspecified atom stereocenters. The van der Waals surface area contributed by atoms with E-state index in [1.54, 1.807) is 32.0 Å². The lowest BCUT2D eigenvalue weighted by molar-refractivity contribution is -0.117. The largest absolute Gasteiger partial charge is 0.508 e. The smallest absolute Gasteiger partial charge is 0.296 e. The van der Waals surface area contributed by atoms with Crippen molar-refractivity contribution < 1.29 is 19.8 Å². The zero-order valence-electron chi connectivity index (χ0n) is 17.2. The van der Waals surface area contributed by atoms with Gasteiger partial charge in [0, 0.05) is 0 Å². The summed E-state index contributed by atoms with van der Waals surface area (Å²) >= 11 is 1.21. The molecule has 0 fully saturated rings. The van der Waals surface area contributed by atoms with Gasteiger partial charge in [-0.25, -0.2) is 9.97 Å². The van der Waals surface area contributed by atoms with Gasteiger partial charge >= 0.3 is 0 Å². The number of imidazole rings is 1. The minimum atomic E-state index is -0.982. The molecule has 32 heavy (non-hydrogen) atoms. The lowest BCUT2D eigenvalue weighted by atomic mass is 9.95. The predicted octanol–water partition coefficient (Wildman–Crippen LogP) is 4.12. The van der Waals surface area contributed by atoms with Gasteiger partial charge in [0.05, 0.1) is 38.2 Å². The van der Waals surface area contributed by atoms with Gasteiger partial charge in [-0.3, -0.25) is 14.5 Å². The molecule has 0 radical (unpaired) electrons. The number of carbonyl (C=O) groups excluding carboxylic acids is 2. The van der Waals surface area contributed by atoms with E-state index < -0.39 is 23.5 Å². The molecule has 1 aliphatic heterocycles. The number of aliphatic hydroxyl groups is 1. The average molecular weight is 446 g/mol. The summed E-state index contributed by atoms with van der Waals surface area (Å²) in [6.07, 6.45) is 0. The van der Waals surface area contributed by atoms with E-state index >= 15 is 0 Å². The van der Waals surface area contributed by atoms with Crippen LogP contribution in [0.3, 0.4) is 0 Å². The number of H-pyrrole nitrogens is 1. The number of phenols is 1. The maximum Gasteiger partial charge on any atom is 0.296 e. The molecule has 0 saturated heterocycles. The van der Waals surface area contributed by atoms with Gasteiger partial charge in [0.15, 0.2) is 5.76 Å². The second kappa shape index (κ2) is 7.31. The molecule has 3 N–H and O–H groups in total. The first kappa shape index (κ1) is 20.0. The number of fused-ring (bicyclic) bond motifs is 1. The Labute approximate surface area is 186 Å². The number of anilines is 1. The Morgan fingerprint density at radius 2 is 1.88 bits per heavy atom. The maximum absolute atomic E-state index is 13.5. The number of benzene rings is 2. The number of nitrogens with one attached hydrogen (secondary N) is 1. The highest BCUT2D eigenvalue weighted by atomic mass is 32.1. The van der Waals surface area contributed by atoms with Gasteiger partial charge in [-0.2, -0.15) is 0 Å². The lowest BCUT2D eigenvalue weighted by Crippen LogP contribution is -2.32. The number of thiazole rings is 1. The van der Waals surface area contributed by atoms with Crippen LogP contribution in [0, 0.1) is 13.8 Å². The second-order valence-electron chi connectivity index (χ2n) is 7.49. The molecule has 1 atom stereocenters. The van der Waals surface area contributed by atoms with Crippen molar-refractivity contribution in [2.24, 2.45) is 0 Å². The Hall–Kier alpha value is -3.98. The van der Waals surface area contributed by atoms with Gasteiger partial charge in [-0.1, -0.05) is 24.3 Å². The number of Topliss-reactive ketones (excluding diaryl/α,β-unsaturated/α-hetero) is 1. The van der Waals surface area contributed by atoms with Crippen molar-refractivity contribution in [2.75, 3.05) is 4.90 Å². The predicted molar refractivity (Wildman–Crippen MR) is 120 cm³/mol. The molecule has 0 aliphatic carbocycles. The number of para-hydroxylation sites is 2. The van der Waals surface area contributed by atoms with Crippen molar-refractivity contribution in [3.8, 4) is 5.75 Å². The monoisotopic (exact) mass is 446 g/mol. The van der Waals surface area contributed by atoms with Gasteiger partial charge in [0.25, 0.3) is 5.91 Å². The number of ketones is 1. The van der Waals surface area contributed by atoms with Crippen LogP contribution < -0.4 is 4.90 Å². The third kappa shape index (κ3) is 3.05. The Kier molecular flexibility index (Phi) is 4.56. The topological polar surface area (TPSA) is 119 Å². The lowest BCUT2D eigenvalue weighted by Gasteiger charge is -2.24. The van der Waals surface area contributed by atoms with Gasteiger partial charge in [-0.05, 0) is 43.7 Å². The van der Waals surface area contributed by atoms with E-state index in [2.05, 4.69) is 15.0 Å². The fourth-order valence-electron chi connectivity index (χ4n) is 3.98. The molecular formula is C23H18N4O4S. The highest BCUT2D eigenvalue weighted by Crippen LogP contribution is 2.42. The minimum Gasteiger partial charge on any atom is -0.508 e. The SMILES string of the molecule is Cc1nc(C)c(C(=O)C2=C(O)C(=O)N(c3nc4ccccc4[nH]3)C2c2cccc(O)c2)s1. The zero-order valence-corrected chi connectivity index (χ0v) is 18.0. The molecule has 1 aliphatic rings. The second-order valence-corrected chi connectivity index (χ2v) is 8.69. The number of phenolic OH excluding ortho intramolecular Hbond substituents is 1. The van der Waals surface area contributed by atoms with E-state index in [0.29, 0.717) is 32.2 Å². The van der Waals surface area contributed by atoms with E-state index in [1.807, 2.05) is 18.2 Å². The van der Waals surface area contributed by atoms with Crippen LogP contribution in [0.25, 0.3) is 11.0 Å². The van der Waals surface area contributed by atoms with Crippen molar-refractivity contribution >= 4 is 40.0 Å². The van der Waals surface area contributed by atoms with Gasteiger partial charge in [0.1, 0.15) is 5.75 Å². The molecule has 5 rings (SSSR count). The van der Waals surface area contributed by atoms with E-state index in [4.69, 9.17) is 0 Å². The van der Waals surface area contributed by atoms with Crippen LogP contribution in [-0.2, 0) is 4.79 Å². The number of aryl methyl sites for hydroxylation is 2. The molecule has 0 spiro atoms. The van der Waals surface area contributed by atoms with Crippen LogP contribution >= 0.6 is 11.3 Å². The van der Waals surface area contributed by atoms with Gasteiger partial charge < -0.3 is 15.2 Å². The molecule has 160 valence electrons. The first-order chi connectivity index (χ1) is 15.3. The first-order valence-corrected chi connectivity index (χ1v) is 10.7. The number of aromatic nitrogens is 3. The van der Waals surface area contributed by atoms with Crippen LogP contribution in [0.15, 0.2) is 59.9 Å². The molecule has 0 bridgehead atoms. The van der Waals surface area contributed by atoms with Gasteiger partial charge in [0.2, 0.25) is 11.7 Å². The third-order valence-corrected chi connectivity index (χ3v) is 6.43. The quantitative estimate of drug-likeness (QED) is 0.406. The first-order valence-electron chi connectivity index (χ1n) is 9.84. The van der Waals surface area contributed by atoms with Crippen molar-refractivity contribution in [1.29, 1.82) is 0 Å². The highest BCUT2D eigenvalue weighted by molar-refractivity contribution is 7.14. The number of aliphatic hydroxyl groups excluding tert-OH is 1. The number of carbonyl (C=O) groups is 2. The summed E-state index contributed by atoms with van der Waals surface area (Å²) < 4.78 is 0. The standard InChI is InChI=1S/C23H18N4O4S/c1-11-21(32-12(2)24-11)19(29)17-18(13-6-5-7-14(28)10-13)27(22(31)20(17)30)23-25-15-8-3-4-9-16(15)26-23/h3-10,18,28,30H,1-2H3,(H,25,26). The number of hydrogen-bond acceptors (Lipinski definition) is 7. The number of aromatic hydroxyl groups is 1. The summed E-state index contributed by atoms with van der Waals surface area (Å²) in [6.45, 7) is 3.50. The molecule has 3 heterocycles. The van der Waals surface area contributed by atoms with Crippen molar-refractivity contribution in [3.05, 3.63) is 81.0 Å². The number of rotatable bonds is 4. The summed E-state index contributed by atoms with van der Waals surface area (Å²) in [5, 5.41) is 21.6. The molecular weight excluding hydrogens is 428 g/mol. The normalized spacial score (nSPS) is 16.4. The van der Waals surface area contributed by atoms with Crippen molar-refractivity contribution in [3.63, 3.8) is 0 Å². The molecule has 1 amide bonds. The summed E-state index contributed by atoms with van der Waals surface area (Å²) in [6, 6.07) is 12.5. The van der Waals surface area contributed by atoms with E-state index in [-0.39, 0.29) is 17.3 Å². The summed E-state index contributed by atoms with van der Waals surface area (Å²) in [5.74, 6) is -1.71. The molecule has 8 nitrogen and oxygen atoms in total. The maximum atomic E-state index is 13.5. The molecule has 0 saturated carbocycles. The van der Waals surface area contributed by atoms with Crippen molar-refractivity contribution in [1.82, 2.24) is 15.0 Å². The third-order valence-electron chi connectivity index (χ3n) is 5.35. The average Bonchev–Trinajstić information content (AvgIpc) is 3.41. The minimum absolute atomic E-state index is 0.0255. The fourth-order valence-corrected chi connectivity index (χ4v) is 4.86. The molecule has 2 aromatic heterocycles. The Balaban J connectivity index is 1.70. The fraction of sp³-hybridized carbons (Fsp3) is 0.130. The Bertz CT molecular complexity index is 1400. The van der Waals surface area contributed by atoms with E-state index in [9.17, 15) is 19.8 Å². The number of nitrogens with zero attached hydrogens (tertiary/aromatic N) is 3. The number of hydrogen-bond donors (Lipinski definition) is 3. The summed E-state index contributed by atoms with van der Waals surface area (Å²) in [5.41, 5.74) is 2.26. The van der Waals surface area contributed by atoms with Crippen LogP contribution in [0.5, 0.6) is 5.75 Å². The zero-order chi connectivity index (χ0) is 22.6. The molecule has 2 aromatic carbocycles.